The van der Waals surface area contributed by atoms with Gasteiger partial charge in [0.1, 0.15) is 0 Å². The van der Waals surface area contributed by atoms with Gasteiger partial charge >= 0.3 is 0 Å². The smallest absolute Gasteiger partial charge is 0.0577 e. The molecular weight excluding hydrogens is 352 g/mol. The van der Waals surface area contributed by atoms with Crippen LogP contribution < -0.4 is 0 Å². The number of aliphatic hydroxyl groups excluding tert-OH is 1. The molecule has 4 aliphatic rings. The van der Waals surface area contributed by atoms with Crippen LogP contribution in [-0.2, 0) is 0 Å². The van der Waals surface area contributed by atoms with Gasteiger partial charge in [-0.15, -0.1) is 0 Å². The first-order valence-corrected chi connectivity index (χ1v) is 12.7. The van der Waals surface area contributed by atoms with Crippen molar-refractivity contribution in [3.63, 3.8) is 0 Å². The maximum absolute atomic E-state index is 10.2. The molecule has 0 radical (unpaired) electrons. The molecule has 1 heteroatoms. The average Bonchev–Trinajstić information content (AvgIpc) is 3.03. The van der Waals surface area contributed by atoms with Gasteiger partial charge < -0.3 is 5.11 Å². The number of allylic oxidation sites excluding steroid dienone is 3. The number of hydrogen-bond acceptors (Lipinski definition) is 1. The van der Waals surface area contributed by atoms with Crippen LogP contribution in [0.5, 0.6) is 0 Å². The highest BCUT2D eigenvalue weighted by Gasteiger charge is 2.58. The fourth-order valence-corrected chi connectivity index (χ4v) is 8.25. The van der Waals surface area contributed by atoms with Crippen molar-refractivity contribution >= 4 is 0 Å². The molecule has 0 aromatic rings. The van der Waals surface area contributed by atoms with E-state index in [0.29, 0.717) is 22.7 Å². The summed E-state index contributed by atoms with van der Waals surface area (Å²) in [5.74, 6) is 5.63. The van der Waals surface area contributed by atoms with Gasteiger partial charge in [0.15, 0.2) is 0 Å². The van der Waals surface area contributed by atoms with Crippen LogP contribution >= 0.6 is 0 Å². The van der Waals surface area contributed by atoms with Crippen molar-refractivity contribution in [2.75, 3.05) is 0 Å². The Kier molecular flexibility index (Phi) is 5.86. The molecule has 4 aliphatic carbocycles. The number of hydrogen-bond donors (Lipinski definition) is 1. The molecule has 3 fully saturated rings. The fourth-order valence-electron chi connectivity index (χ4n) is 8.25. The zero-order valence-corrected chi connectivity index (χ0v) is 20.0. The summed E-state index contributed by atoms with van der Waals surface area (Å²) in [4.78, 5) is 0. The Labute approximate surface area is 180 Å². The van der Waals surface area contributed by atoms with Gasteiger partial charge in [-0.25, -0.2) is 0 Å². The van der Waals surface area contributed by atoms with Gasteiger partial charge in [-0.2, -0.15) is 0 Å². The first kappa shape index (κ1) is 21.7. The quantitative estimate of drug-likeness (QED) is 0.489. The molecule has 0 amide bonds. The van der Waals surface area contributed by atoms with Crippen LogP contribution in [-0.4, -0.2) is 11.2 Å². The van der Waals surface area contributed by atoms with Crippen molar-refractivity contribution in [2.24, 2.45) is 52.3 Å². The predicted molar refractivity (Wildman–Crippen MR) is 124 cm³/mol. The van der Waals surface area contributed by atoms with Gasteiger partial charge in [0.05, 0.1) is 6.10 Å². The predicted octanol–water partition coefficient (Wildman–Crippen LogP) is 7.41. The molecule has 1 N–H and O–H groups in total. The Hall–Kier alpha value is -0.560. The number of fused-ring (bicyclic) bond motifs is 5. The molecule has 0 unspecified atom stereocenters. The molecule has 4 rings (SSSR count). The monoisotopic (exact) mass is 398 g/mol. The Morgan fingerprint density at radius 2 is 1.72 bits per heavy atom. The van der Waals surface area contributed by atoms with E-state index in [9.17, 15) is 5.11 Å². The van der Waals surface area contributed by atoms with Crippen LogP contribution in [0.15, 0.2) is 23.8 Å². The lowest BCUT2D eigenvalue weighted by Crippen LogP contribution is -2.50. The zero-order valence-electron chi connectivity index (χ0n) is 20.0. The molecule has 0 aromatic carbocycles. The summed E-state index contributed by atoms with van der Waals surface area (Å²) in [6, 6.07) is 0. The molecule has 29 heavy (non-hydrogen) atoms. The van der Waals surface area contributed by atoms with Gasteiger partial charge in [-0.3, -0.25) is 0 Å². The number of aliphatic hydroxyl groups is 1. The highest BCUT2D eigenvalue weighted by Crippen LogP contribution is 2.67. The molecule has 9 atom stereocenters. The lowest BCUT2D eigenvalue weighted by Gasteiger charge is -2.58. The van der Waals surface area contributed by atoms with E-state index >= 15 is 0 Å². The van der Waals surface area contributed by atoms with E-state index in [2.05, 4.69) is 59.8 Å². The minimum Gasteiger partial charge on any atom is -0.393 e. The standard InChI is InChI=1S/C28H46O/c1-18(2)19(3)7-8-20(4)24-11-12-25-23-10-9-21-17-22(29)13-15-27(21,5)26(23)14-16-28(24,25)6/h7-9,18-20,22-26,29H,10-17H2,1-6H3/b8-7+/t19-,20+,22-,23-,24-,25-,26-,27-,28+/m0/s1. The molecule has 164 valence electrons. The van der Waals surface area contributed by atoms with Crippen LogP contribution in [0.25, 0.3) is 0 Å². The Bertz CT molecular complexity index is 659. The highest BCUT2D eigenvalue weighted by molar-refractivity contribution is 5.25. The van der Waals surface area contributed by atoms with Crippen molar-refractivity contribution in [1.29, 1.82) is 0 Å². The summed E-state index contributed by atoms with van der Waals surface area (Å²) in [6.07, 6.45) is 17.7. The number of rotatable bonds is 4. The first-order chi connectivity index (χ1) is 13.7. The molecule has 1 nitrogen and oxygen atoms in total. The van der Waals surface area contributed by atoms with Crippen molar-refractivity contribution in [1.82, 2.24) is 0 Å². The van der Waals surface area contributed by atoms with Gasteiger partial charge in [0, 0.05) is 0 Å². The minimum atomic E-state index is -0.0866. The largest absolute Gasteiger partial charge is 0.393 e. The van der Waals surface area contributed by atoms with Gasteiger partial charge in [-0.1, -0.05) is 65.3 Å². The van der Waals surface area contributed by atoms with Crippen molar-refractivity contribution < 1.29 is 5.11 Å². The average molecular weight is 399 g/mol. The summed E-state index contributed by atoms with van der Waals surface area (Å²) in [5, 5.41) is 10.2. The maximum Gasteiger partial charge on any atom is 0.0577 e. The van der Waals surface area contributed by atoms with Crippen LogP contribution in [0.3, 0.4) is 0 Å². The van der Waals surface area contributed by atoms with Crippen LogP contribution in [0.4, 0.5) is 0 Å². The van der Waals surface area contributed by atoms with Gasteiger partial charge in [-0.05, 0) is 104 Å². The fraction of sp³-hybridized carbons (Fsp3) is 0.857. The lowest BCUT2D eigenvalue weighted by atomic mass is 9.47. The first-order valence-electron chi connectivity index (χ1n) is 12.7. The van der Waals surface area contributed by atoms with E-state index in [1.807, 2.05) is 0 Å². The zero-order chi connectivity index (χ0) is 21.0. The van der Waals surface area contributed by atoms with Crippen molar-refractivity contribution in [2.45, 2.75) is 99.0 Å². The minimum absolute atomic E-state index is 0.0866. The highest BCUT2D eigenvalue weighted by atomic mass is 16.3. The third-order valence-electron chi connectivity index (χ3n) is 10.6. The lowest BCUT2D eigenvalue weighted by molar-refractivity contribution is -0.0540. The van der Waals surface area contributed by atoms with E-state index < -0.39 is 0 Å². The van der Waals surface area contributed by atoms with Gasteiger partial charge in [0.2, 0.25) is 0 Å². The Morgan fingerprint density at radius 1 is 0.966 bits per heavy atom. The molecule has 0 heterocycles. The van der Waals surface area contributed by atoms with Crippen LogP contribution in [0.2, 0.25) is 0 Å². The molecular formula is C28H46O. The van der Waals surface area contributed by atoms with E-state index in [1.54, 1.807) is 5.57 Å². The van der Waals surface area contributed by atoms with E-state index in [-0.39, 0.29) is 6.10 Å². The van der Waals surface area contributed by atoms with E-state index in [4.69, 9.17) is 0 Å². The van der Waals surface area contributed by atoms with Crippen molar-refractivity contribution in [3.8, 4) is 0 Å². The second-order valence-corrected chi connectivity index (χ2v) is 12.2. The van der Waals surface area contributed by atoms with Gasteiger partial charge in [0.25, 0.3) is 0 Å². The SMILES string of the molecule is CC(C)[C@@H](C)/C=C/[C@@H](C)[C@@H]1CC[C@H]2[C@@H]3CC=C4C[C@@H](O)CC[C@]4(C)[C@H]3CC[C@@]21C. The molecule has 0 aromatic heterocycles. The third-order valence-corrected chi connectivity index (χ3v) is 10.6. The maximum atomic E-state index is 10.2. The summed E-state index contributed by atoms with van der Waals surface area (Å²) < 4.78 is 0. The van der Waals surface area contributed by atoms with E-state index in [0.717, 1.165) is 42.4 Å². The molecule has 0 saturated heterocycles. The van der Waals surface area contributed by atoms with E-state index in [1.165, 1.54) is 38.5 Å². The summed E-state index contributed by atoms with van der Waals surface area (Å²) in [7, 11) is 0. The third kappa shape index (κ3) is 3.58. The van der Waals surface area contributed by atoms with Crippen LogP contribution in [0.1, 0.15) is 92.9 Å². The molecule has 0 bridgehead atoms. The molecule has 0 aliphatic heterocycles. The summed E-state index contributed by atoms with van der Waals surface area (Å²) >= 11 is 0. The second kappa shape index (κ2) is 7.85. The van der Waals surface area contributed by atoms with Crippen molar-refractivity contribution in [3.05, 3.63) is 23.8 Å². The molecule has 3 saturated carbocycles. The Balaban J connectivity index is 1.53. The van der Waals surface area contributed by atoms with Crippen LogP contribution in [0, 0.1) is 52.3 Å². The Morgan fingerprint density at radius 3 is 2.45 bits per heavy atom. The normalized spacial score (nSPS) is 46.8. The second-order valence-electron chi connectivity index (χ2n) is 12.2. The molecule has 0 spiro atoms. The summed E-state index contributed by atoms with van der Waals surface area (Å²) in [6.45, 7) is 14.7. The summed E-state index contributed by atoms with van der Waals surface area (Å²) in [5.41, 5.74) is 2.51. The topological polar surface area (TPSA) is 20.2 Å².